The Morgan fingerprint density at radius 1 is 1.12 bits per heavy atom. The lowest BCUT2D eigenvalue weighted by molar-refractivity contribution is 0.0757. The fourth-order valence-electron chi connectivity index (χ4n) is 3.96. The van der Waals surface area contributed by atoms with Crippen LogP contribution in [0.25, 0.3) is 0 Å². The van der Waals surface area contributed by atoms with Crippen LogP contribution in [0.3, 0.4) is 0 Å². The van der Waals surface area contributed by atoms with E-state index in [2.05, 4.69) is 11.8 Å². The molecule has 1 amide bonds. The van der Waals surface area contributed by atoms with E-state index in [0.29, 0.717) is 11.5 Å². The molecule has 0 radical (unpaired) electrons. The number of nitrogens with zero attached hydrogens (tertiary/aromatic N) is 2. The quantitative estimate of drug-likeness (QED) is 0.840. The molecule has 2 aliphatic rings. The van der Waals surface area contributed by atoms with E-state index in [1.807, 2.05) is 4.90 Å². The zero-order valence-electron chi connectivity index (χ0n) is 14.7. The summed E-state index contributed by atoms with van der Waals surface area (Å²) in [6, 6.07) is 6.05. The average Bonchev–Trinajstić information content (AvgIpc) is 2.82. The second-order valence-corrected chi connectivity index (χ2v) is 7.58. The number of piperidine rings is 1. The third-order valence-corrected chi connectivity index (χ3v) is 5.60. The molecule has 3 rings (SSSR count). The monoisotopic (exact) mass is 332 g/mol. The van der Waals surface area contributed by atoms with Gasteiger partial charge in [-0.15, -0.1) is 0 Å². The van der Waals surface area contributed by atoms with Crippen molar-refractivity contribution < 1.29 is 9.18 Å². The van der Waals surface area contributed by atoms with Crippen molar-refractivity contribution in [2.75, 3.05) is 32.7 Å². The third kappa shape index (κ3) is 4.56. The molecule has 0 bridgehead atoms. The lowest BCUT2D eigenvalue weighted by atomic mass is 9.95. The molecule has 2 fully saturated rings. The normalized spacial score (nSPS) is 23.9. The third-order valence-electron chi connectivity index (χ3n) is 5.60. The van der Waals surface area contributed by atoms with Gasteiger partial charge in [0, 0.05) is 25.2 Å². The van der Waals surface area contributed by atoms with E-state index in [0.717, 1.165) is 31.8 Å². The van der Waals surface area contributed by atoms with Crippen molar-refractivity contribution >= 4 is 5.91 Å². The first-order valence-electron chi connectivity index (χ1n) is 9.39. The van der Waals surface area contributed by atoms with Gasteiger partial charge in [-0.2, -0.15) is 0 Å². The van der Waals surface area contributed by atoms with Crippen molar-refractivity contribution in [1.29, 1.82) is 0 Å². The molecule has 0 aliphatic carbocycles. The molecule has 0 spiro atoms. The van der Waals surface area contributed by atoms with Gasteiger partial charge in [0.25, 0.3) is 5.91 Å². The molecular weight excluding hydrogens is 303 g/mol. The Morgan fingerprint density at radius 2 is 1.92 bits per heavy atom. The second kappa shape index (κ2) is 8.11. The van der Waals surface area contributed by atoms with Gasteiger partial charge in [-0.25, -0.2) is 4.39 Å². The fourth-order valence-corrected chi connectivity index (χ4v) is 3.96. The van der Waals surface area contributed by atoms with Crippen LogP contribution < -0.4 is 0 Å². The average molecular weight is 332 g/mol. The zero-order valence-corrected chi connectivity index (χ0v) is 14.7. The van der Waals surface area contributed by atoms with Gasteiger partial charge in [0.1, 0.15) is 5.82 Å². The summed E-state index contributed by atoms with van der Waals surface area (Å²) in [6.07, 6.45) is 5.94. The number of carbonyl (C=O) groups is 1. The number of rotatable bonds is 3. The molecule has 132 valence electrons. The maximum Gasteiger partial charge on any atom is 0.253 e. The van der Waals surface area contributed by atoms with Gasteiger partial charge in [-0.3, -0.25) is 4.79 Å². The van der Waals surface area contributed by atoms with E-state index in [9.17, 15) is 9.18 Å². The van der Waals surface area contributed by atoms with E-state index in [1.54, 1.807) is 12.1 Å². The highest BCUT2D eigenvalue weighted by Gasteiger charge is 2.24. The predicted octanol–water partition coefficient (Wildman–Crippen LogP) is 3.80. The first-order chi connectivity index (χ1) is 11.6. The minimum Gasteiger partial charge on any atom is -0.339 e. The van der Waals surface area contributed by atoms with Gasteiger partial charge in [-0.05, 0) is 75.2 Å². The largest absolute Gasteiger partial charge is 0.339 e. The van der Waals surface area contributed by atoms with E-state index in [4.69, 9.17) is 0 Å². The number of amides is 1. The van der Waals surface area contributed by atoms with Crippen molar-refractivity contribution in [2.45, 2.75) is 39.0 Å². The second-order valence-electron chi connectivity index (χ2n) is 7.58. The molecule has 1 aromatic rings. The topological polar surface area (TPSA) is 23.6 Å². The van der Waals surface area contributed by atoms with Gasteiger partial charge in [-0.1, -0.05) is 13.0 Å². The number of likely N-dealkylation sites (tertiary alicyclic amines) is 2. The number of benzene rings is 1. The Bertz CT molecular complexity index is 554. The van der Waals surface area contributed by atoms with Crippen molar-refractivity contribution in [3.05, 3.63) is 35.6 Å². The first-order valence-corrected chi connectivity index (χ1v) is 9.39. The highest BCUT2D eigenvalue weighted by Crippen LogP contribution is 2.23. The van der Waals surface area contributed by atoms with Crippen molar-refractivity contribution in [3.63, 3.8) is 0 Å². The van der Waals surface area contributed by atoms with Crippen LogP contribution in [0.15, 0.2) is 24.3 Å². The predicted molar refractivity (Wildman–Crippen MR) is 94.5 cm³/mol. The molecule has 1 aromatic carbocycles. The van der Waals surface area contributed by atoms with Crippen LogP contribution in [0, 0.1) is 17.7 Å². The maximum atomic E-state index is 13.3. The Labute approximate surface area is 144 Å². The molecule has 4 heteroatoms. The highest BCUT2D eigenvalue weighted by atomic mass is 19.1. The lowest BCUT2D eigenvalue weighted by Crippen LogP contribution is -2.37. The van der Waals surface area contributed by atoms with Crippen molar-refractivity contribution in [3.8, 4) is 0 Å². The molecule has 2 saturated heterocycles. The number of carbonyl (C=O) groups excluding carboxylic acids is 1. The zero-order chi connectivity index (χ0) is 16.9. The van der Waals surface area contributed by atoms with Crippen LogP contribution >= 0.6 is 0 Å². The van der Waals surface area contributed by atoms with E-state index >= 15 is 0 Å². The molecule has 2 heterocycles. The fraction of sp³-hybridized carbons (Fsp3) is 0.650. The van der Waals surface area contributed by atoms with Crippen LogP contribution in [-0.4, -0.2) is 48.4 Å². The van der Waals surface area contributed by atoms with Gasteiger partial charge in [0.05, 0.1) is 0 Å². The first kappa shape index (κ1) is 17.4. The molecule has 1 atom stereocenters. The highest BCUT2D eigenvalue weighted by molar-refractivity contribution is 5.94. The summed E-state index contributed by atoms with van der Waals surface area (Å²) in [6.45, 7) is 7.56. The molecule has 0 saturated carbocycles. The summed E-state index contributed by atoms with van der Waals surface area (Å²) in [4.78, 5) is 17.1. The summed E-state index contributed by atoms with van der Waals surface area (Å²) >= 11 is 0. The standard InChI is InChI=1S/C20H29FN2O/c1-16-7-11-22(12-8-16)15-17-4-3-10-23(13-9-17)20(24)18-5-2-6-19(21)14-18/h2,5-6,14,16-17H,3-4,7-13,15H2,1H3. The van der Waals surface area contributed by atoms with Gasteiger partial charge >= 0.3 is 0 Å². The maximum absolute atomic E-state index is 13.3. The molecule has 2 aliphatic heterocycles. The molecule has 0 aromatic heterocycles. The summed E-state index contributed by atoms with van der Waals surface area (Å²) in [5.41, 5.74) is 0.471. The van der Waals surface area contributed by atoms with Gasteiger partial charge in [0.15, 0.2) is 0 Å². The number of hydrogen-bond acceptors (Lipinski definition) is 2. The minimum atomic E-state index is -0.340. The molecular formula is C20H29FN2O. The van der Waals surface area contributed by atoms with Crippen molar-refractivity contribution in [1.82, 2.24) is 9.80 Å². The Morgan fingerprint density at radius 3 is 2.67 bits per heavy atom. The van der Waals surface area contributed by atoms with Gasteiger partial charge in [0.2, 0.25) is 0 Å². The minimum absolute atomic E-state index is 0.0260. The molecule has 1 unspecified atom stereocenters. The molecule has 3 nitrogen and oxygen atoms in total. The lowest BCUT2D eigenvalue weighted by Gasteiger charge is -2.32. The van der Waals surface area contributed by atoms with E-state index < -0.39 is 0 Å². The Hall–Kier alpha value is -1.42. The summed E-state index contributed by atoms with van der Waals surface area (Å²) in [7, 11) is 0. The summed E-state index contributed by atoms with van der Waals surface area (Å²) in [5.74, 6) is 1.19. The smallest absolute Gasteiger partial charge is 0.253 e. The SMILES string of the molecule is CC1CCN(CC2CCCN(C(=O)c3cccc(F)c3)CC2)CC1. The van der Waals surface area contributed by atoms with Crippen LogP contribution in [0.4, 0.5) is 4.39 Å². The Kier molecular flexibility index (Phi) is 5.88. The van der Waals surface area contributed by atoms with Crippen LogP contribution in [0.1, 0.15) is 49.4 Å². The van der Waals surface area contributed by atoms with E-state index in [1.165, 1.54) is 51.0 Å². The van der Waals surface area contributed by atoms with Crippen LogP contribution in [0.5, 0.6) is 0 Å². The molecule has 24 heavy (non-hydrogen) atoms. The number of halogens is 1. The van der Waals surface area contributed by atoms with Crippen LogP contribution in [-0.2, 0) is 0 Å². The van der Waals surface area contributed by atoms with E-state index in [-0.39, 0.29) is 11.7 Å². The Balaban J connectivity index is 1.52. The number of hydrogen-bond donors (Lipinski definition) is 0. The van der Waals surface area contributed by atoms with Crippen molar-refractivity contribution in [2.24, 2.45) is 11.8 Å². The van der Waals surface area contributed by atoms with Gasteiger partial charge < -0.3 is 9.80 Å². The summed E-state index contributed by atoms with van der Waals surface area (Å²) in [5, 5.41) is 0. The molecule has 0 N–H and O–H groups in total. The van der Waals surface area contributed by atoms with Crippen LogP contribution in [0.2, 0.25) is 0 Å². The summed E-state index contributed by atoms with van der Waals surface area (Å²) < 4.78 is 13.3.